The van der Waals surface area contributed by atoms with Crippen LogP contribution in [0.2, 0.25) is 0 Å². The van der Waals surface area contributed by atoms with Gasteiger partial charge < -0.3 is 19.1 Å². The van der Waals surface area contributed by atoms with Gasteiger partial charge in [0.1, 0.15) is 11.9 Å². The summed E-state index contributed by atoms with van der Waals surface area (Å²) in [7, 11) is 1.69. The number of benzene rings is 1. The van der Waals surface area contributed by atoms with E-state index in [1.807, 2.05) is 39.8 Å². The second-order valence-electron chi connectivity index (χ2n) is 9.89. The molecule has 1 amide bonds. The van der Waals surface area contributed by atoms with E-state index in [2.05, 4.69) is 0 Å². The number of carbonyl (C=O) groups is 2. The summed E-state index contributed by atoms with van der Waals surface area (Å²) in [5.41, 5.74) is 2.44. The van der Waals surface area contributed by atoms with Crippen LogP contribution in [0.1, 0.15) is 69.4 Å². The quantitative estimate of drug-likeness (QED) is 0.498. The maximum absolute atomic E-state index is 15.2. The van der Waals surface area contributed by atoms with Gasteiger partial charge in [-0.3, -0.25) is 4.79 Å². The van der Waals surface area contributed by atoms with Crippen LogP contribution >= 0.6 is 0 Å². The number of carbonyl (C=O) groups excluding carboxylic acids is 2. The van der Waals surface area contributed by atoms with Crippen molar-refractivity contribution in [1.82, 2.24) is 0 Å². The van der Waals surface area contributed by atoms with Gasteiger partial charge in [-0.1, -0.05) is 26.0 Å². The smallest absolute Gasteiger partial charge is 0.339 e. The molecular weight excluding hydrogens is 437 g/mol. The average molecular weight is 474 g/mol. The summed E-state index contributed by atoms with van der Waals surface area (Å²) < 4.78 is 33.1. The zero-order chi connectivity index (χ0) is 25.4. The molecule has 2 aliphatic rings. The molecule has 1 aromatic carbocycles. The molecule has 0 spiro atoms. The first kappa shape index (κ1) is 26.1. The van der Waals surface area contributed by atoms with E-state index in [1.54, 1.807) is 33.0 Å². The first-order valence-electron chi connectivity index (χ1n) is 11.8. The number of anilines is 1. The van der Waals surface area contributed by atoms with Crippen molar-refractivity contribution in [3.05, 3.63) is 46.8 Å². The topological polar surface area (TPSA) is 65.1 Å². The minimum Gasteiger partial charge on any atom is -0.458 e. The molecule has 0 radical (unpaired) electrons. The fourth-order valence-corrected chi connectivity index (χ4v) is 4.41. The van der Waals surface area contributed by atoms with Crippen molar-refractivity contribution >= 4 is 23.6 Å². The highest BCUT2D eigenvalue weighted by Gasteiger charge is 2.44. The van der Waals surface area contributed by atoms with Crippen molar-refractivity contribution in [2.45, 2.75) is 79.0 Å². The van der Waals surface area contributed by atoms with E-state index < -0.39 is 29.9 Å². The molecular formula is C27H36FNO5. The summed E-state index contributed by atoms with van der Waals surface area (Å²) in [4.78, 5) is 26.7. The van der Waals surface area contributed by atoms with Crippen LogP contribution in [0, 0.1) is 18.8 Å². The summed E-state index contributed by atoms with van der Waals surface area (Å²) in [5.74, 6) is -2.58. The third kappa shape index (κ3) is 5.58. The molecule has 186 valence electrons. The molecule has 5 atom stereocenters. The van der Waals surface area contributed by atoms with Crippen molar-refractivity contribution in [2.24, 2.45) is 11.8 Å². The van der Waals surface area contributed by atoms with E-state index in [9.17, 15) is 9.59 Å². The molecule has 1 fully saturated rings. The van der Waals surface area contributed by atoms with Crippen molar-refractivity contribution < 1.29 is 28.2 Å². The molecule has 0 bridgehead atoms. The van der Waals surface area contributed by atoms with Gasteiger partial charge in [0, 0.05) is 31.5 Å². The molecule has 6 nitrogen and oxygen atoms in total. The van der Waals surface area contributed by atoms with Crippen LogP contribution in [0.25, 0.3) is 6.08 Å². The van der Waals surface area contributed by atoms with Gasteiger partial charge >= 0.3 is 5.97 Å². The second-order valence-corrected chi connectivity index (χ2v) is 9.89. The number of halogens is 1. The Kier molecular flexibility index (Phi) is 7.68. The molecule has 2 aliphatic heterocycles. The van der Waals surface area contributed by atoms with Gasteiger partial charge in [0.25, 0.3) is 0 Å². The van der Waals surface area contributed by atoms with E-state index >= 15 is 4.39 Å². The van der Waals surface area contributed by atoms with Crippen LogP contribution in [0.15, 0.2) is 30.1 Å². The van der Waals surface area contributed by atoms with Crippen LogP contribution in [0.4, 0.5) is 10.1 Å². The first-order valence-corrected chi connectivity index (χ1v) is 11.8. The fraction of sp³-hybridized carbons (Fsp3) is 0.556. The third-order valence-corrected chi connectivity index (χ3v) is 6.69. The minimum absolute atomic E-state index is 0.112. The highest BCUT2D eigenvalue weighted by molar-refractivity contribution is 5.98. The van der Waals surface area contributed by atoms with Gasteiger partial charge in [0.2, 0.25) is 5.91 Å². The van der Waals surface area contributed by atoms with Gasteiger partial charge in [-0.15, -0.1) is 0 Å². The number of cyclic esters (lactones) is 1. The standard InChI is InChI=1S/C27H36FNO5/c1-15-13-22(28)17(3)25-23(33-27(6,7)34-25)11-9-10-20-14-21(29(8)19(5)30)12-16(2)24(20)26(31)32-18(15)4/h9-10,12-15,17-18,23,25H,11H2,1-8H3/b10-9+,22-13+/t15-,17?,18+,23+,25-/m1/s1. The molecule has 0 aliphatic carbocycles. The SMILES string of the molecule is CC(=O)N(C)c1cc(C)c2c(c1)/C=C/C[C@@H]1OC(C)(C)O[C@@H]1C(C)/C(F)=C\[C@@H](C)[C@H](C)OC2=O. The van der Waals surface area contributed by atoms with Crippen molar-refractivity contribution in [2.75, 3.05) is 11.9 Å². The monoisotopic (exact) mass is 473 g/mol. The Morgan fingerprint density at radius 1 is 1.18 bits per heavy atom. The zero-order valence-corrected chi connectivity index (χ0v) is 21.3. The van der Waals surface area contributed by atoms with E-state index in [0.717, 1.165) is 0 Å². The normalized spacial score (nSPS) is 31.9. The molecule has 7 heteroatoms. The summed E-state index contributed by atoms with van der Waals surface area (Å²) in [6, 6.07) is 3.59. The molecule has 0 aromatic heterocycles. The Morgan fingerprint density at radius 2 is 1.85 bits per heavy atom. The Hall–Kier alpha value is -2.51. The average Bonchev–Trinajstić information content (AvgIpc) is 3.05. The highest BCUT2D eigenvalue weighted by Crippen LogP contribution is 2.37. The summed E-state index contributed by atoms with van der Waals surface area (Å²) in [6.07, 6.45) is 4.36. The van der Waals surface area contributed by atoms with Gasteiger partial charge in [0.05, 0.1) is 17.8 Å². The summed E-state index contributed by atoms with van der Waals surface area (Å²) in [5, 5.41) is 0. The summed E-state index contributed by atoms with van der Waals surface area (Å²) in [6.45, 7) is 12.3. The Balaban J connectivity index is 2.10. The van der Waals surface area contributed by atoms with Crippen molar-refractivity contribution in [3.8, 4) is 0 Å². The molecule has 0 N–H and O–H groups in total. The molecule has 0 saturated carbocycles. The highest BCUT2D eigenvalue weighted by atomic mass is 19.1. The van der Waals surface area contributed by atoms with E-state index in [4.69, 9.17) is 14.2 Å². The molecule has 1 unspecified atom stereocenters. The van der Waals surface area contributed by atoms with Crippen molar-refractivity contribution in [3.63, 3.8) is 0 Å². The number of esters is 1. The molecule has 1 aromatic rings. The molecule has 1 saturated heterocycles. The largest absolute Gasteiger partial charge is 0.458 e. The van der Waals surface area contributed by atoms with E-state index in [-0.39, 0.29) is 23.8 Å². The van der Waals surface area contributed by atoms with Gasteiger partial charge in [-0.2, -0.15) is 0 Å². The number of hydrogen-bond acceptors (Lipinski definition) is 5. The van der Waals surface area contributed by atoms with E-state index in [1.165, 1.54) is 17.9 Å². The maximum atomic E-state index is 15.2. The molecule has 34 heavy (non-hydrogen) atoms. The third-order valence-electron chi connectivity index (χ3n) is 6.69. The van der Waals surface area contributed by atoms with Crippen molar-refractivity contribution in [1.29, 1.82) is 0 Å². The second kappa shape index (κ2) is 10.0. The number of ether oxygens (including phenoxy) is 3. The Morgan fingerprint density at radius 3 is 2.50 bits per heavy atom. The lowest BCUT2D eigenvalue weighted by molar-refractivity contribution is -0.149. The predicted molar refractivity (Wildman–Crippen MR) is 130 cm³/mol. The van der Waals surface area contributed by atoms with Crippen LogP contribution in [0.3, 0.4) is 0 Å². The summed E-state index contributed by atoms with van der Waals surface area (Å²) >= 11 is 0. The maximum Gasteiger partial charge on any atom is 0.339 e. The van der Waals surface area contributed by atoms with Crippen LogP contribution in [0.5, 0.6) is 0 Å². The molecule has 3 rings (SSSR count). The predicted octanol–water partition coefficient (Wildman–Crippen LogP) is 5.59. The number of hydrogen-bond donors (Lipinski definition) is 0. The number of fused-ring (bicyclic) bond motifs is 2. The minimum atomic E-state index is -0.824. The Labute approximate surface area is 201 Å². The lowest BCUT2D eigenvalue weighted by atomic mass is 9.93. The van der Waals surface area contributed by atoms with Gasteiger partial charge in [-0.05, 0) is 63.5 Å². The number of aryl methyl sites for hydroxylation is 1. The first-order chi connectivity index (χ1) is 15.8. The van der Waals surface area contributed by atoms with E-state index in [0.29, 0.717) is 28.8 Å². The van der Waals surface area contributed by atoms with Gasteiger partial charge in [-0.25, -0.2) is 9.18 Å². The number of nitrogens with zero attached hydrogens (tertiary/aromatic N) is 1. The fourth-order valence-electron chi connectivity index (χ4n) is 4.41. The number of amides is 1. The number of rotatable bonds is 1. The van der Waals surface area contributed by atoms with Gasteiger partial charge in [0.15, 0.2) is 5.79 Å². The lowest BCUT2D eigenvalue weighted by Crippen LogP contribution is -2.30. The van der Waals surface area contributed by atoms with Crippen LogP contribution in [-0.4, -0.2) is 43.0 Å². The molecule has 2 heterocycles. The Bertz CT molecular complexity index is 1010. The van der Waals surface area contributed by atoms with Crippen LogP contribution < -0.4 is 4.90 Å². The van der Waals surface area contributed by atoms with Crippen LogP contribution in [-0.2, 0) is 19.0 Å². The lowest BCUT2D eigenvalue weighted by Gasteiger charge is -2.25. The zero-order valence-electron chi connectivity index (χ0n) is 21.3.